The number of carboxylic acids is 1. The number of hydrogen-bond donors (Lipinski definition) is 10. The van der Waals surface area contributed by atoms with Gasteiger partial charge >= 0.3 is 33.6 Å². The Kier molecular flexibility index (Phi) is 40.5. The van der Waals surface area contributed by atoms with Gasteiger partial charge in [0.05, 0.1) is 12.7 Å². The Balaban J connectivity index is 2.96. The maximum Gasteiger partial charge on any atom is 0.472 e. The lowest BCUT2D eigenvalue weighted by Gasteiger charge is -2.43. The fraction of sp³-hybridized carbons (Fsp3) is 0.648. The molecule has 0 saturated heterocycles. The number of rotatable bonds is 44. The molecule has 23 heteroatoms. The number of ether oxygens (including phenoxy) is 2. The van der Waals surface area contributed by atoms with Gasteiger partial charge in [-0.15, -0.1) is 11.8 Å². The van der Waals surface area contributed by atoms with Crippen molar-refractivity contribution in [2.45, 2.75) is 202 Å². The molecule has 1 aliphatic rings. The highest BCUT2D eigenvalue weighted by molar-refractivity contribution is 8.00. The number of hydrogen-bond acceptors (Lipinski definition) is 17. The van der Waals surface area contributed by atoms with Crippen molar-refractivity contribution in [1.82, 2.24) is 0 Å². The molecule has 0 aromatic carbocycles. The lowest BCUT2D eigenvalue weighted by molar-refractivity contribution is -0.216. The Morgan fingerprint density at radius 1 is 0.623 bits per heavy atom. The summed E-state index contributed by atoms with van der Waals surface area (Å²) in [7, 11) is -11.0. The summed E-state index contributed by atoms with van der Waals surface area (Å²) in [5.74, 6) is -2.90. The van der Waals surface area contributed by atoms with Crippen LogP contribution in [0.5, 0.6) is 0 Å². The Bertz CT molecular complexity index is 1970. The summed E-state index contributed by atoms with van der Waals surface area (Å²) >= 11 is 1.11. The summed E-state index contributed by atoms with van der Waals surface area (Å²) in [5.41, 5.74) is 6.18. The second-order valence-electron chi connectivity index (χ2n) is 18.4. The number of thioether (sulfide) groups is 1. The highest BCUT2D eigenvalue weighted by atomic mass is 32.2. The Hall–Kier alpha value is -3.34. The van der Waals surface area contributed by atoms with Gasteiger partial charge in [-0.1, -0.05) is 150 Å². The number of carbonyl (C=O) groups excluding carboxylic acids is 2. The smallest absolute Gasteiger partial charge is 0.472 e. The Labute approximate surface area is 459 Å². The molecule has 0 aromatic rings. The van der Waals surface area contributed by atoms with Crippen LogP contribution in [0, 0.1) is 0 Å². The Morgan fingerprint density at radius 3 is 1.74 bits per heavy atom. The molecule has 1 saturated carbocycles. The fourth-order valence-electron chi connectivity index (χ4n) is 7.39. The Morgan fingerprint density at radius 2 is 1.16 bits per heavy atom. The number of carbonyl (C=O) groups is 3. The van der Waals surface area contributed by atoms with Crippen LogP contribution in [0.3, 0.4) is 0 Å². The summed E-state index contributed by atoms with van der Waals surface area (Å²) in [6, 6.07) is -1.32. The van der Waals surface area contributed by atoms with Gasteiger partial charge < -0.3 is 60.5 Å². The number of phosphoric acid groups is 2. The van der Waals surface area contributed by atoms with E-state index in [-0.39, 0.29) is 31.4 Å². The summed E-state index contributed by atoms with van der Waals surface area (Å²) in [5, 5.41) is 60.6. The van der Waals surface area contributed by atoms with Gasteiger partial charge in [0, 0.05) is 23.8 Å². The van der Waals surface area contributed by atoms with Crippen LogP contribution in [-0.2, 0) is 46.6 Å². The van der Waals surface area contributed by atoms with E-state index in [1.807, 2.05) is 18.2 Å². The van der Waals surface area contributed by atoms with Gasteiger partial charge in [0.15, 0.2) is 6.10 Å². The van der Waals surface area contributed by atoms with Gasteiger partial charge in [-0.25, -0.2) is 9.13 Å². The van der Waals surface area contributed by atoms with Crippen molar-refractivity contribution in [1.29, 1.82) is 0 Å². The van der Waals surface area contributed by atoms with E-state index < -0.39 is 107 Å². The van der Waals surface area contributed by atoms with Gasteiger partial charge in [-0.2, -0.15) is 0 Å². The largest absolute Gasteiger partial charge is 0.481 e. The molecule has 1 rings (SSSR count). The van der Waals surface area contributed by atoms with Crippen molar-refractivity contribution in [3.8, 4) is 0 Å². The number of aliphatic hydroxyl groups excluding tert-OH is 5. The standard InChI is InChI=1S/C54H89NO19P2S/c1-3-5-7-9-11-13-15-17-18-19-20-21-22-23-25-27-29-31-33-38-47(59)72-42(40-71-76(68,69)74-53-51(63)49(61)48(60)50(62)52(53)73-75(65,66)67)39-70-54(64)43(55)41-77-45(44(56)35-34-37-46(57)58)36-32-30-28-26-24-16-14-12-10-8-6-4-2/h5,7,11-14,17-18,20-21,24,26,28,30,32,36,42-45,48-53,56,60-63H,3-4,6,8-10,15-16,19,22-23,25,27,29,31,33-35,37-41,55H2,1-2H3,(H,57,58)(H,68,69)(H2,65,66,67)/b7-5-,13-11-,14-12-,18-17-,21-20-,26-24-,30-28+,36-32+/t42-,43+,44+,45-,48+,49+,50-,51-,52-,53+/m1/s1. The molecule has 77 heavy (non-hydrogen) atoms. The molecule has 11 atom stereocenters. The number of nitrogens with two attached hydrogens (primary N) is 1. The third-order valence-electron chi connectivity index (χ3n) is 11.6. The summed E-state index contributed by atoms with van der Waals surface area (Å²) in [6.45, 7) is 2.49. The van der Waals surface area contributed by atoms with E-state index in [1.165, 1.54) is 6.42 Å². The SMILES string of the molecule is CC/C=C\C/C=C\C/C=C\C/C=C\CCCCCCCCC(=O)O[C@H](COC(=O)[C@@H](N)CS[C@H](/C=C/C=C/C=C\C/C=C\CCCCC)[C@@H](O)CCCC(=O)O)COP(=O)(O)O[C@H]1[C@H](O)[C@@H](O)[C@H](O)[C@@H](O)[C@H]1OP(=O)(O)O. The van der Waals surface area contributed by atoms with Crippen LogP contribution in [0.4, 0.5) is 0 Å². The van der Waals surface area contributed by atoms with E-state index in [4.69, 9.17) is 29.4 Å². The maximum atomic E-state index is 13.2. The predicted octanol–water partition coefficient (Wildman–Crippen LogP) is 8.04. The molecule has 20 nitrogen and oxygen atoms in total. The molecular weight excluding hydrogens is 1060 g/mol. The van der Waals surface area contributed by atoms with E-state index in [0.717, 1.165) is 95.2 Å². The van der Waals surface area contributed by atoms with Crippen LogP contribution in [0.2, 0.25) is 0 Å². The number of aliphatic carboxylic acids is 1. The van der Waals surface area contributed by atoms with Crippen LogP contribution in [0.1, 0.15) is 142 Å². The highest BCUT2D eigenvalue weighted by Crippen LogP contribution is 2.50. The minimum atomic E-state index is -5.51. The first kappa shape index (κ1) is 71.7. The van der Waals surface area contributed by atoms with Crippen molar-refractivity contribution in [3.05, 3.63) is 97.2 Å². The van der Waals surface area contributed by atoms with Crippen LogP contribution in [-0.4, -0.2) is 142 Å². The third kappa shape index (κ3) is 36.5. The first-order chi connectivity index (χ1) is 36.7. The molecule has 0 aliphatic heterocycles. The number of unbranched alkanes of at least 4 members (excludes halogenated alkanes) is 9. The zero-order valence-corrected chi connectivity index (χ0v) is 47.4. The predicted molar refractivity (Wildman–Crippen MR) is 297 cm³/mol. The lowest BCUT2D eigenvalue weighted by atomic mass is 9.85. The molecule has 0 aromatic heterocycles. The molecule has 1 unspecified atom stereocenters. The van der Waals surface area contributed by atoms with Crippen molar-refractivity contribution < 1.29 is 91.9 Å². The minimum Gasteiger partial charge on any atom is -0.481 e. The van der Waals surface area contributed by atoms with E-state index in [2.05, 4.69) is 79.1 Å². The summed E-state index contributed by atoms with van der Waals surface area (Å²) in [6.07, 6.45) is 30.8. The third-order valence-corrected chi connectivity index (χ3v) is 14.5. The zero-order valence-electron chi connectivity index (χ0n) is 44.8. The van der Waals surface area contributed by atoms with Crippen LogP contribution in [0.25, 0.3) is 0 Å². The average Bonchev–Trinajstić information content (AvgIpc) is 3.38. The first-order valence-corrected chi connectivity index (χ1v) is 30.8. The molecule has 1 fully saturated rings. The van der Waals surface area contributed by atoms with Crippen LogP contribution in [0.15, 0.2) is 97.2 Å². The van der Waals surface area contributed by atoms with E-state index in [1.54, 1.807) is 18.2 Å². The lowest BCUT2D eigenvalue weighted by Crippen LogP contribution is -2.64. The zero-order chi connectivity index (χ0) is 57.3. The summed E-state index contributed by atoms with van der Waals surface area (Å²) in [4.78, 5) is 66.8. The van der Waals surface area contributed by atoms with Gasteiger partial charge in [0.25, 0.3) is 0 Å². The van der Waals surface area contributed by atoms with Crippen LogP contribution >= 0.6 is 27.4 Å². The normalized spacial score (nSPS) is 22.1. The molecule has 11 N–H and O–H groups in total. The first-order valence-electron chi connectivity index (χ1n) is 26.7. The number of phosphoric ester groups is 2. The van der Waals surface area contributed by atoms with Crippen molar-refractivity contribution in [2.75, 3.05) is 19.0 Å². The quantitative estimate of drug-likeness (QED) is 0.00906. The van der Waals surface area contributed by atoms with Gasteiger partial charge in [-0.3, -0.25) is 28.0 Å². The van der Waals surface area contributed by atoms with Gasteiger partial charge in [0.1, 0.15) is 49.3 Å². The van der Waals surface area contributed by atoms with Crippen molar-refractivity contribution >= 4 is 45.3 Å². The molecule has 0 heterocycles. The van der Waals surface area contributed by atoms with Crippen LogP contribution < -0.4 is 5.73 Å². The number of allylic oxidation sites excluding steroid dienone is 15. The maximum absolute atomic E-state index is 13.2. The molecule has 0 radical (unpaired) electrons. The topological polar surface area (TPSA) is 340 Å². The van der Waals surface area contributed by atoms with Gasteiger partial charge in [0.2, 0.25) is 0 Å². The van der Waals surface area contributed by atoms with Gasteiger partial charge in [-0.05, 0) is 77.0 Å². The second-order valence-corrected chi connectivity index (χ2v) is 22.2. The summed E-state index contributed by atoms with van der Waals surface area (Å²) < 4.78 is 50.0. The highest BCUT2D eigenvalue weighted by Gasteiger charge is 2.54. The second kappa shape index (κ2) is 43.5. The minimum absolute atomic E-state index is 0.0880. The van der Waals surface area contributed by atoms with Crippen molar-refractivity contribution in [2.24, 2.45) is 5.73 Å². The molecule has 0 bridgehead atoms. The van der Waals surface area contributed by atoms with Crippen molar-refractivity contribution in [3.63, 3.8) is 0 Å². The monoisotopic (exact) mass is 1150 g/mol. The van der Waals surface area contributed by atoms with E-state index in [0.29, 0.717) is 12.8 Å². The fourth-order valence-corrected chi connectivity index (χ4v) is 10.0. The molecule has 0 amide bonds. The van der Waals surface area contributed by atoms with E-state index in [9.17, 15) is 63.7 Å². The number of aliphatic hydroxyl groups is 5. The average molecular weight is 1150 g/mol. The molecule has 1 aliphatic carbocycles. The van der Waals surface area contributed by atoms with E-state index >= 15 is 0 Å². The number of carboxylic acid groups (broad SMARTS) is 1. The molecule has 0 spiro atoms. The molecule has 440 valence electrons. The molecular formula is C54H89NO19P2S. The number of esters is 2.